The molecule has 0 heterocycles. The zero-order valence-electron chi connectivity index (χ0n) is 6.43. The van der Waals surface area contributed by atoms with E-state index < -0.39 is 12.4 Å². The molecule has 2 atom stereocenters. The molecule has 11 heavy (non-hydrogen) atoms. The fourth-order valence-corrected chi connectivity index (χ4v) is 0.721. The van der Waals surface area contributed by atoms with Crippen LogP contribution in [0.25, 0.3) is 0 Å². The number of aliphatic hydroxyl groups excluding tert-OH is 1. The number of rotatable bonds is 6. The lowest BCUT2D eigenvalue weighted by Crippen LogP contribution is -2.29. The lowest BCUT2D eigenvalue weighted by atomic mass is 10.1. The van der Waals surface area contributed by atoms with Crippen LogP contribution in [0.2, 0.25) is 0 Å². The first-order valence-electron chi connectivity index (χ1n) is 3.54. The highest BCUT2D eigenvalue weighted by Gasteiger charge is 2.20. The first-order valence-corrected chi connectivity index (χ1v) is 3.54. The molecule has 0 amide bonds. The van der Waals surface area contributed by atoms with Gasteiger partial charge in [-0.05, 0) is 6.42 Å². The van der Waals surface area contributed by atoms with Crippen LogP contribution < -0.4 is 0 Å². The second kappa shape index (κ2) is 6.51. The van der Waals surface area contributed by atoms with E-state index in [0.29, 0.717) is 6.42 Å². The van der Waals surface area contributed by atoms with E-state index in [1.54, 1.807) is 0 Å². The molecule has 0 fully saturated rings. The Kier molecular flexibility index (Phi) is 6.39. The van der Waals surface area contributed by atoms with Gasteiger partial charge in [-0.1, -0.05) is 19.8 Å². The van der Waals surface area contributed by atoms with E-state index >= 15 is 0 Å². The van der Waals surface area contributed by atoms with Gasteiger partial charge in [-0.2, -0.15) is 0 Å². The molecule has 2 unspecified atom stereocenters. The van der Waals surface area contributed by atoms with Crippen LogP contribution in [0.5, 0.6) is 0 Å². The van der Waals surface area contributed by atoms with Gasteiger partial charge in [0.25, 0.3) is 0 Å². The minimum atomic E-state index is -1.48. The van der Waals surface area contributed by atoms with Crippen LogP contribution in [0.1, 0.15) is 26.2 Å². The Balaban J connectivity index is 3.56. The summed E-state index contributed by atoms with van der Waals surface area (Å²) in [4.78, 5) is 7.44. The van der Waals surface area contributed by atoms with Crippen molar-refractivity contribution in [2.75, 3.05) is 0 Å². The molecular weight excluding hydrogens is 152 g/mol. The maximum Gasteiger partial charge on any atom is 0.218 e. The number of hydrogen-bond acceptors (Lipinski definition) is 5. The maximum atomic E-state index is 8.79. The molecule has 68 valence electrons. The van der Waals surface area contributed by atoms with Gasteiger partial charge in [-0.3, -0.25) is 5.26 Å². The van der Waals surface area contributed by atoms with Gasteiger partial charge in [-0.25, -0.2) is 15.0 Å². The fourth-order valence-electron chi connectivity index (χ4n) is 0.721. The van der Waals surface area contributed by atoms with Crippen LogP contribution in [0.4, 0.5) is 0 Å². The fraction of sp³-hybridized carbons (Fsp3) is 1.00. The molecule has 0 aliphatic heterocycles. The summed E-state index contributed by atoms with van der Waals surface area (Å²) in [6.45, 7) is 1.96. The second-order valence-corrected chi connectivity index (χ2v) is 2.28. The topological polar surface area (TPSA) is 79.2 Å². The molecule has 0 aromatic rings. The van der Waals surface area contributed by atoms with Crippen molar-refractivity contribution in [1.29, 1.82) is 0 Å². The van der Waals surface area contributed by atoms with Crippen LogP contribution in [0, 0.1) is 0 Å². The zero-order valence-corrected chi connectivity index (χ0v) is 6.43. The van der Waals surface area contributed by atoms with E-state index in [1.807, 2.05) is 6.92 Å². The minimum absolute atomic E-state index is 0.439. The Morgan fingerprint density at radius 3 is 2.27 bits per heavy atom. The van der Waals surface area contributed by atoms with Gasteiger partial charge in [0, 0.05) is 0 Å². The first kappa shape index (κ1) is 10.8. The first-order chi connectivity index (χ1) is 5.26. The zero-order chi connectivity index (χ0) is 8.69. The SMILES string of the molecule is CCCCC(OO)C(O)OO. The van der Waals surface area contributed by atoms with Crippen LogP contribution in [0.15, 0.2) is 0 Å². The van der Waals surface area contributed by atoms with Gasteiger partial charge in [0.05, 0.1) is 0 Å². The van der Waals surface area contributed by atoms with Crippen molar-refractivity contribution in [2.45, 2.75) is 38.6 Å². The molecule has 0 aliphatic rings. The van der Waals surface area contributed by atoms with E-state index in [-0.39, 0.29) is 0 Å². The van der Waals surface area contributed by atoms with Gasteiger partial charge in [0.1, 0.15) is 6.10 Å². The summed E-state index contributed by atoms with van der Waals surface area (Å²) in [5, 5.41) is 25.0. The van der Waals surface area contributed by atoms with Crippen LogP contribution >= 0.6 is 0 Å². The quantitative estimate of drug-likeness (QED) is 0.309. The number of aliphatic hydroxyl groups is 1. The molecule has 0 rings (SSSR count). The number of unbranched alkanes of at least 4 members (excludes halogenated alkanes) is 1. The molecule has 3 N–H and O–H groups in total. The Hall–Kier alpha value is -0.200. The Morgan fingerprint density at radius 2 is 1.91 bits per heavy atom. The summed E-state index contributed by atoms with van der Waals surface area (Å²) in [6, 6.07) is 0. The molecule has 0 aromatic heterocycles. The molecule has 0 saturated heterocycles. The summed E-state index contributed by atoms with van der Waals surface area (Å²) in [7, 11) is 0. The van der Waals surface area contributed by atoms with Crippen molar-refractivity contribution in [1.82, 2.24) is 0 Å². The highest BCUT2D eigenvalue weighted by molar-refractivity contribution is 4.57. The molecule has 5 heteroatoms. The van der Waals surface area contributed by atoms with E-state index in [4.69, 9.17) is 15.6 Å². The monoisotopic (exact) mass is 166 g/mol. The smallest absolute Gasteiger partial charge is 0.218 e. The van der Waals surface area contributed by atoms with Gasteiger partial charge < -0.3 is 5.11 Å². The van der Waals surface area contributed by atoms with Crippen LogP contribution in [0.3, 0.4) is 0 Å². The molecule has 0 aliphatic carbocycles. The summed E-state index contributed by atoms with van der Waals surface area (Å²) in [6.07, 6.45) is -0.218. The molecule has 5 nitrogen and oxygen atoms in total. The predicted molar refractivity (Wildman–Crippen MR) is 36.7 cm³/mol. The summed E-state index contributed by atoms with van der Waals surface area (Å²) < 4.78 is 0. The third-order valence-corrected chi connectivity index (χ3v) is 1.40. The highest BCUT2D eigenvalue weighted by Crippen LogP contribution is 2.08. The van der Waals surface area contributed by atoms with Gasteiger partial charge in [0.15, 0.2) is 0 Å². The van der Waals surface area contributed by atoms with Crippen molar-refractivity contribution in [3.8, 4) is 0 Å². The lowest BCUT2D eigenvalue weighted by molar-refractivity contribution is -0.398. The molecule has 0 bridgehead atoms. The van der Waals surface area contributed by atoms with Crippen LogP contribution in [-0.2, 0) is 9.78 Å². The molecule has 0 aromatic carbocycles. The molecule has 0 saturated carbocycles. The molecular formula is C6H14O5. The average molecular weight is 166 g/mol. The van der Waals surface area contributed by atoms with Crippen molar-refractivity contribution in [3.05, 3.63) is 0 Å². The van der Waals surface area contributed by atoms with E-state index in [1.165, 1.54) is 0 Å². The van der Waals surface area contributed by atoms with E-state index in [2.05, 4.69) is 9.78 Å². The van der Waals surface area contributed by atoms with Crippen LogP contribution in [-0.4, -0.2) is 28.0 Å². The van der Waals surface area contributed by atoms with Gasteiger partial charge in [-0.15, -0.1) is 0 Å². The number of hydrogen-bond donors (Lipinski definition) is 3. The van der Waals surface area contributed by atoms with E-state index in [9.17, 15) is 0 Å². The standard InChI is InChI=1S/C6H14O5/c1-2-3-4-5(10-8)6(7)11-9/h5-9H,2-4H2,1H3. The van der Waals surface area contributed by atoms with Crippen molar-refractivity contribution >= 4 is 0 Å². The Morgan fingerprint density at radius 1 is 1.27 bits per heavy atom. The Labute approximate surface area is 65.0 Å². The second-order valence-electron chi connectivity index (χ2n) is 2.28. The molecule has 0 spiro atoms. The van der Waals surface area contributed by atoms with Gasteiger partial charge in [0.2, 0.25) is 6.29 Å². The normalized spacial score (nSPS) is 16.4. The highest BCUT2D eigenvalue weighted by atomic mass is 17.2. The minimum Gasteiger partial charge on any atom is -0.364 e. The van der Waals surface area contributed by atoms with Crippen molar-refractivity contribution in [3.63, 3.8) is 0 Å². The van der Waals surface area contributed by atoms with Gasteiger partial charge >= 0.3 is 0 Å². The summed E-state index contributed by atoms with van der Waals surface area (Å²) in [5.74, 6) is 0. The van der Waals surface area contributed by atoms with Crippen molar-refractivity contribution in [2.24, 2.45) is 0 Å². The maximum absolute atomic E-state index is 8.79. The predicted octanol–water partition coefficient (Wildman–Crippen LogP) is 0.843. The molecule has 0 radical (unpaired) electrons. The lowest BCUT2D eigenvalue weighted by Gasteiger charge is -2.15. The largest absolute Gasteiger partial charge is 0.364 e. The van der Waals surface area contributed by atoms with E-state index in [0.717, 1.165) is 12.8 Å². The van der Waals surface area contributed by atoms with Crippen molar-refractivity contribution < 1.29 is 25.4 Å². The third kappa shape index (κ3) is 4.28. The summed E-state index contributed by atoms with van der Waals surface area (Å²) in [5.41, 5.74) is 0. The Bertz CT molecular complexity index is 87.0. The third-order valence-electron chi connectivity index (χ3n) is 1.40. The summed E-state index contributed by atoms with van der Waals surface area (Å²) >= 11 is 0. The average Bonchev–Trinajstić information content (AvgIpc) is 2.05.